The van der Waals surface area contributed by atoms with Crippen LogP contribution in [0.3, 0.4) is 0 Å². The van der Waals surface area contributed by atoms with Gasteiger partial charge in [-0.1, -0.05) is 6.92 Å². The summed E-state index contributed by atoms with van der Waals surface area (Å²) in [6.07, 6.45) is 0.987. The molecule has 0 saturated carbocycles. The second-order valence-corrected chi connectivity index (χ2v) is 4.25. The van der Waals surface area contributed by atoms with E-state index in [0.717, 1.165) is 11.3 Å². The number of halogens is 1. The maximum atomic E-state index is 11.5. The summed E-state index contributed by atoms with van der Waals surface area (Å²) in [7, 11) is 0. The van der Waals surface area contributed by atoms with Gasteiger partial charge in [-0.15, -0.1) is 23.7 Å². The number of aryl methyl sites for hydroxylation is 2. The van der Waals surface area contributed by atoms with Gasteiger partial charge in [0.1, 0.15) is 0 Å². The van der Waals surface area contributed by atoms with Crippen LogP contribution in [0.5, 0.6) is 0 Å². The van der Waals surface area contributed by atoms with E-state index in [1.807, 2.05) is 13.0 Å². The highest BCUT2D eigenvalue weighted by molar-refractivity contribution is 7.14. The predicted octanol–water partition coefficient (Wildman–Crippen LogP) is 1.73. The van der Waals surface area contributed by atoms with Crippen molar-refractivity contribution >= 4 is 29.7 Å². The van der Waals surface area contributed by atoms with Crippen LogP contribution in [-0.2, 0) is 6.42 Å². The summed E-state index contributed by atoms with van der Waals surface area (Å²) in [5, 5.41) is 2.76. The number of rotatable bonds is 4. The lowest BCUT2D eigenvalue weighted by molar-refractivity contribution is 0.0959. The molecule has 0 aliphatic carbocycles. The van der Waals surface area contributed by atoms with E-state index in [1.54, 1.807) is 11.3 Å². The number of thiophene rings is 1. The molecule has 0 aliphatic rings. The SMILES string of the molecule is CCc1sc(C(=O)NCCN)cc1C.Cl. The lowest BCUT2D eigenvalue weighted by Crippen LogP contribution is -2.28. The monoisotopic (exact) mass is 248 g/mol. The minimum atomic E-state index is -0.0109. The van der Waals surface area contributed by atoms with Crippen molar-refractivity contribution in [3.63, 3.8) is 0 Å². The Bertz CT molecular complexity index is 325. The van der Waals surface area contributed by atoms with E-state index in [0.29, 0.717) is 13.1 Å². The first-order valence-corrected chi connectivity index (χ1v) is 5.58. The fourth-order valence-corrected chi connectivity index (χ4v) is 2.29. The van der Waals surface area contributed by atoms with E-state index < -0.39 is 0 Å². The van der Waals surface area contributed by atoms with E-state index in [4.69, 9.17) is 5.73 Å². The van der Waals surface area contributed by atoms with Crippen LogP contribution in [0.2, 0.25) is 0 Å². The number of carbonyl (C=O) groups is 1. The average Bonchev–Trinajstić information content (AvgIpc) is 2.56. The van der Waals surface area contributed by atoms with Crippen LogP contribution < -0.4 is 11.1 Å². The molecule has 1 rings (SSSR count). The van der Waals surface area contributed by atoms with Gasteiger partial charge in [0.15, 0.2) is 0 Å². The van der Waals surface area contributed by atoms with Crippen molar-refractivity contribution in [2.45, 2.75) is 20.3 Å². The highest BCUT2D eigenvalue weighted by Crippen LogP contribution is 2.21. The van der Waals surface area contributed by atoms with E-state index in [1.165, 1.54) is 10.4 Å². The van der Waals surface area contributed by atoms with Gasteiger partial charge in [0.2, 0.25) is 0 Å². The molecule has 1 heterocycles. The molecule has 1 aromatic heterocycles. The summed E-state index contributed by atoms with van der Waals surface area (Å²) in [6.45, 7) is 5.16. The van der Waals surface area contributed by atoms with Gasteiger partial charge in [0.05, 0.1) is 4.88 Å². The van der Waals surface area contributed by atoms with Crippen LogP contribution in [0, 0.1) is 6.92 Å². The van der Waals surface area contributed by atoms with Gasteiger partial charge in [-0.3, -0.25) is 4.79 Å². The van der Waals surface area contributed by atoms with Gasteiger partial charge in [-0.2, -0.15) is 0 Å². The molecule has 5 heteroatoms. The Hall–Kier alpha value is -0.580. The molecule has 0 fully saturated rings. The third kappa shape index (κ3) is 3.81. The smallest absolute Gasteiger partial charge is 0.261 e. The van der Waals surface area contributed by atoms with Gasteiger partial charge in [-0.05, 0) is 25.0 Å². The lowest BCUT2D eigenvalue weighted by atomic mass is 10.2. The Morgan fingerprint density at radius 1 is 1.60 bits per heavy atom. The Morgan fingerprint density at radius 3 is 2.73 bits per heavy atom. The zero-order valence-electron chi connectivity index (χ0n) is 9.00. The minimum absolute atomic E-state index is 0. The molecule has 0 spiro atoms. The maximum absolute atomic E-state index is 11.5. The fourth-order valence-electron chi connectivity index (χ4n) is 1.26. The van der Waals surface area contributed by atoms with Crippen molar-refractivity contribution in [1.29, 1.82) is 0 Å². The largest absolute Gasteiger partial charge is 0.350 e. The summed E-state index contributed by atoms with van der Waals surface area (Å²) >= 11 is 1.57. The first-order valence-electron chi connectivity index (χ1n) is 4.76. The van der Waals surface area contributed by atoms with Gasteiger partial charge in [0.25, 0.3) is 5.91 Å². The van der Waals surface area contributed by atoms with Gasteiger partial charge in [0, 0.05) is 18.0 Å². The number of amides is 1. The normalized spacial score (nSPS) is 9.53. The second kappa shape index (κ2) is 6.82. The van der Waals surface area contributed by atoms with Crippen molar-refractivity contribution in [1.82, 2.24) is 5.32 Å². The first-order chi connectivity index (χ1) is 6.69. The Balaban J connectivity index is 0.00000196. The topological polar surface area (TPSA) is 55.1 Å². The number of carbonyl (C=O) groups excluding carboxylic acids is 1. The minimum Gasteiger partial charge on any atom is -0.350 e. The van der Waals surface area contributed by atoms with Crippen LogP contribution in [0.4, 0.5) is 0 Å². The molecule has 0 radical (unpaired) electrons. The number of nitrogens with one attached hydrogen (secondary N) is 1. The van der Waals surface area contributed by atoms with Crippen LogP contribution in [0.1, 0.15) is 27.0 Å². The van der Waals surface area contributed by atoms with Crippen molar-refractivity contribution in [3.8, 4) is 0 Å². The molecule has 1 amide bonds. The van der Waals surface area contributed by atoms with Crippen molar-refractivity contribution in [2.75, 3.05) is 13.1 Å². The Kier molecular flexibility index (Phi) is 6.56. The number of nitrogens with two attached hydrogens (primary N) is 1. The van der Waals surface area contributed by atoms with Crippen LogP contribution in [0.15, 0.2) is 6.07 Å². The molecule has 0 aliphatic heterocycles. The molecule has 0 aromatic carbocycles. The summed E-state index contributed by atoms with van der Waals surface area (Å²) in [5.41, 5.74) is 6.51. The molecule has 3 N–H and O–H groups in total. The number of hydrogen-bond donors (Lipinski definition) is 2. The first kappa shape index (κ1) is 14.4. The van der Waals surface area contributed by atoms with Crippen molar-refractivity contribution < 1.29 is 4.79 Å². The third-order valence-electron chi connectivity index (χ3n) is 2.00. The summed E-state index contributed by atoms with van der Waals surface area (Å²) in [6, 6.07) is 1.94. The fraction of sp³-hybridized carbons (Fsp3) is 0.500. The Morgan fingerprint density at radius 2 is 2.27 bits per heavy atom. The van der Waals surface area contributed by atoms with Gasteiger partial charge in [-0.25, -0.2) is 0 Å². The van der Waals surface area contributed by atoms with Crippen LogP contribution in [0.25, 0.3) is 0 Å². The highest BCUT2D eigenvalue weighted by atomic mass is 35.5. The van der Waals surface area contributed by atoms with Gasteiger partial charge < -0.3 is 11.1 Å². The second-order valence-electron chi connectivity index (χ2n) is 3.11. The molecule has 0 bridgehead atoms. The Labute approximate surface area is 100 Å². The molecule has 0 atom stereocenters. The summed E-state index contributed by atoms with van der Waals surface area (Å²) < 4.78 is 0. The lowest BCUT2D eigenvalue weighted by Gasteiger charge is -1.99. The zero-order chi connectivity index (χ0) is 10.6. The predicted molar refractivity (Wildman–Crippen MR) is 67.1 cm³/mol. The molecule has 15 heavy (non-hydrogen) atoms. The molecule has 86 valence electrons. The van der Waals surface area contributed by atoms with E-state index >= 15 is 0 Å². The maximum Gasteiger partial charge on any atom is 0.261 e. The summed E-state index contributed by atoms with van der Waals surface area (Å²) in [4.78, 5) is 13.6. The number of hydrogen-bond acceptors (Lipinski definition) is 3. The molecule has 1 aromatic rings. The van der Waals surface area contributed by atoms with E-state index in [9.17, 15) is 4.79 Å². The van der Waals surface area contributed by atoms with Crippen LogP contribution in [-0.4, -0.2) is 19.0 Å². The average molecular weight is 249 g/mol. The standard InChI is InChI=1S/C10H16N2OS.ClH/c1-3-8-7(2)6-9(14-8)10(13)12-5-4-11;/h6H,3-5,11H2,1-2H3,(H,12,13);1H. The van der Waals surface area contributed by atoms with E-state index in [2.05, 4.69) is 12.2 Å². The highest BCUT2D eigenvalue weighted by Gasteiger charge is 2.10. The molecular formula is C10H17ClN2OS. The molecule has 0 saturated heterocycles. The molecule has 3 nitrogen and oxygen atoms in total. The van der Waals surface area contributed by atoms with E-state index in [-0.39, 0.29) is 18.3 Å². The van der Waals surface area contributed by atoms with Crippen LogP contribution >= 0.6 is 23.7 Å². The quantitative estimate of drug-likeness (QED) is 0.853. The molecular weight excluding hydrogens is 232 g/mol. The van der Waals surface area contributed by atoms with Crippen molar-refractivity contribution in [2.24, 2.45) is 5.73 Å². The van der Waals surface area contributed by atoms with Gasteiger partial charge >= 0.3 is 0 Å². The zero-order valence-corrected chi connectivity index (χ0v) is 10.6. The molecule has 0 unspecified atom stereocenters. The van der Waals surface area contributed by atoms with Crippen molar-refractivity contribution in [3.05, 3.63) is 21.4 Å². The summed E-state index contributed by atoms with van der Waals surface area (Å²) in [5.74, 6) is -0.0109. The third-order valence-corrected chi connectivity index (χ3v) is 3.38.